The van der Waals surface area contributed by atoms with Crippen molar-refractivity contribution >= 4 is 23.5 Å². The Hall–Kier alpha value is -3.38. The molecule has 0 saturated carbocycles. The second-order valence-corrected chi connectivity index (χ2v) is 6.41. The fourth-order valence-electron chi connectivity index (χ4n) is 2.92. The van der Waals surface area contributed by atoms with Crippen molar-refractivity contribution in [2.45, 2.75) is 19.8 Å². The van der Waals surface area contributed by atoms with E-state index in [1.54, 1.807) is 6.92 Å². The van der Waals surface area contributed by atoms with Crippen LogP contribution >= 0.6 is 11.6 Å². The molecule has 0 bridgehead atoms. The maximum Gasteiger partial charge on any atom is 0.343 e. The highest BCUT2D eigenvalue weighted by atomic mass is 35.5. The average Bonchev–Trinajstić information content (AvgIpc) is 2.72. The Morgan fingerprint density at radius 1 is 1.23 bits per heavy atom. The van der Waals surface area contributed by atoms with Crippen LogP contribution < -0.4 is 15.2 Å². The summed E-state index contributed by atoms with van der Waals surface area (Å²) in [5.74, 6) is -1.74. The molecule has 0 radical (unpaired) electrons. The Labute approximate surface area is 178 Å². The molecule has 1 aliphatic heterocycles. The number of hydrogen-bond donors (Lipinski definition) is 1. The lowest BCUT2D eigenvalue weighted by Crippen LogP contribution is -2.25. The molecule has 9 nitrogen and oxygen atoms in total. The van der Waals surface area contributed by atoms with Crippen LogP contribution in [-0.2, 0) is 23.8 Å². The summed E-state index contributed by atoms with van der Waals surface area (Å²) < 4.78 is 25.8. The Balaban J connectivity index is 2.65. The summed E-state index contributed by atoms with van der Waals surface area (Å²) in [6.07, 6.45) is 0. The first-order valence-electron chi connectivity index (χ1n) is 8.81. The zero-order valence-electron chi connectivity index (χ0n) is 16.9. The smallest absolute Gasteiger partial charge is 0.343 e. The third-order valence-corrected chi connectivity index (χ3v) is 4.59. The highest BCUT2D eigenvalue weighted by Gasteiger charge is 2.37. The van der Waals surface area contributed by atoms with Crippen LogP contribution in [0.3, 0.4) is 0 Å². The summed E-state index contributed by atoms with van der Waals surface area (Å²) in [7, 11) is 2.45. The third kappa shape index (κ3) is 4.60. The van der Waals surface area contributed by atoms with Crippen molar-refractivity contribution in [1.29, 1.82) is 5.26 Å². The molecule has 1 aromatic rings. The number of benzene rings is 1. The number of esters is 2. The fourth-order valence-corrected chi connectivity index (χ4v) is 3.18. The quantitative estimate of drug-likeness (QED) is 0.640. The van der Waals surface area contributed by atoms with E-state index >= 15 is 0 Å². The highest BCUT2D eigenvalue weighted by molar-refractivity contribution is 6.31. The summed E-state index contributed by atoms with van der Waals surface area (Å²) in [4.78, 5) is 23.9. The Bertz CT molecular complexity index is 963. The molecule has 0 aliphatic carbocycles. The molecule has 1 heterocycles. The maximum atomic E-state index is 12.4. The number of nitrogens with two attached hydrogens (primary N) is 1. The number of methoxy groups -OCH3 is 2. The molecule has 1 atom stereocenters. The van der Waals surface area contributed by atoms with Gasteiger partial charge in [-0.25, -0.2) is 9.59 Å². The number of hydrogen-bond acceptors (Lipinski definition) is 9. The van der Waals surface area contributed by atoms with Crippen LogP contribution in [0.1, 0.15) is 25.3 Å². The van der Waals surface area contributed by atoms with Crippen LogP contribution in [0.15, 0.2) is 34.9 Å². The van der Waals surface area contributed by atoms with E-state index < -0.39 is 17.9 Å². The van der Waals surface area contributed by atoms with Gasteiger partial charge in [0.25, 0.3) is 0 Å². The second kappa shape index (κ2) is 9.89. The van der Waals surface area contributed by atoms with Gasteiger partial charge in [0.1, 0.15) is 17.4 Å². The van der Waals surface area contributed by atoms with Gasteiger partial charge in [0, 0.05) is 11.1 Å². The summed E-state index contributed by atoms with van der Waals surface area (Å²) in [5.41, 5.74) is 6.31. The van der Waals surface area contributed by atoms with Crippen molar-refractivity contribution in [2.75, 3.05) is 27.4 Å². The summed E-state index contributed by atoms with van der Waals surface area (Å²) in [5, 5.41) is 9.80. The molecule has 2 rings (SSSR count). The lowest BCUT2D eigenvalue weighted by atomic mass is 9.83. The maximum absolute atomic E-state index is 12.4. The molecule has 160 valence electrons. The molecular formula is C20H21ClN2O7. The second-order valence-electron chi connectivity index (χ2n) is 6.00. The summed E-state index contributed by atoms with van der Waals surface area (Å²) in [6, 6.07) is 4.92. The number of nitrogens with zero attached hydrogens (tertiary/aromatic N) is 1. The van der Waals surface area contributed by atoms with Gasteiger partial charge in [-0.05, 0) is 25.5 Å². The molecule has 0 unspecified atom stereocenters. The molecule has 0 spiro atoms. The van der Waals surface area contributed by atoms with E-state index in [2.05, 4.69) is 4.74 Å². The minimum atomic E-state index is -0.947. The molecule has 1 aliphatic rings. The van der Waals surface area contributed by atoms with Gasteiger partial charge in [0.15, 0.2) is 18.1 Å². The molecule has 30 heavy (non-hydrogen) atoms. The third-order valence-electron chi connectivity index (χ3n) is 4.26. The Morgan fingerprint density at radius 2 is 1.90 bits per heavy atom. The van der Waals surface area contributed by atoms with Crippen LogP contribution in [0, 0.1) is 11.3 Å². The first-order valence-corrected chi connectivity index (χ1v) is 9.19. The molecular weight excluding hydrogens is 416 g/mol. The van der Waals surface area contributed by atoms with Gasteiger partial charge in [-0.15, -0.1) is 0 Å². The van der Waals surface area contributed by atoms with Crippen molar-refractivity contribution in [2.24, 2.45) is 5.73 Å². The van der Waals surface area contributed by atoms with Crippen molar-refractivity contribution in [3.8, 4) is 17.6 Å². The van der Waals surface area contributed by atoms with E-state index in [1.807, 2.05) is 6.07 Å². The van der Waals surface area contributed by atoms with Gasteiger partial charge in [0.05, 0.1) is 32.3 Å². The molecule has 1 aromatic carbocycles. The zero-order chi connectivity index (χ0) is 22.4. The number of ether oxygens (including phenoxy) is 5. The van der Waals surface area contributed by atoms with Gasteiger partial charge in [-0.3, -0.25) is 0 Å². The van der Waals surface area contributed by atoms with E-state index in [9.17, 15) is 14.9 Å². The SMILES string of the molecule is CCOc1cc([C@H]2C(C#N)=C(N)OC(C)=C2C(=O)OC)c(Cl)cc1OCC(=O)OC. The van der Waals surface area contributed by atoms with Gasteiger partial charge < -0.3 is 29.4 Å². The number of rotatable bonds is 7. The van der Waals surface area contributed by atoms with Crippen molar-refractivity contribution in [1.82, 2.24) is 0 Å². The van der Waals surface area contributed by atoms with Crippen LogP contribution in [0.2, 0.25) is 5.02 Å². The van der Waals surface area contributed by atoms with Crippen LogP contribution in [0.5, 0.6) is 11.5 Å². The molecule has 0 amide bonds. The fraction of sp³-hybridized carbons (Fsp3) is 0.350. The van der Waals surface area contributed by atoms with Gasteiger partial charge in [-0.1, -0.05) is 11.6 Å². The molecule has 2 N–H and O–H groups in total. The first-order chi connectivity index (χ1) is 14.3. The van der Waals surface area contributed by atoms with Crippen molar-refractivity contribution in [3.63, 3.8) is 0 Å². The zero-order valence-corrected chi connectivity index (χ0v) is 17.7. The van der Waals surface area contributed by atoms with Crippen LogP contribution in [0.4, 0.5) is 0 Å². The summed E-state index contributed by atoms with van der Waals surface area (Å²) in [6.45, 7) is 3.22. The normalized spacial score (nSPS) is 15.8. The van der Waals surface area contributed by atoms with Crippen molar-refractivity contribution < 1.29 is 33.3 Å². The topological polar surface area (TPSA) is 130 Å². The number of allylic oxidation sites excluding steroid dienone is 2. The van der Waals surface area contributed by atoms with E-state index in [-0.39, 0.29) is 52.5 Å². The highest BCUT2D eigenvalue weighted by Crippen LogP contribution is 2.45. The first kappa shape index (κ1) is 22.9. The van der Waals surface area contributed by atoms with Crippen LogP contribution in [0.25, 0.3) is 0 Å². The molecule has 0 fully saturated rings. The number of halogens is 1. The number of carbonyl (C=O) groups excluding carboxylic acids is 2. The minimum absolute atomic E-state index is 0.00595. The standard InChI is InChI=1S/C20H21ClN2O7/c1-5-28-14-6-11(13(21)7-15(14)29-9-16(24)26-3)18-12(8-22)19(23)30-10(2)17(18)20(25)27-4/h6-7,18H,5,9,23H2,1-4H3/t18-/m0/s1. The van der Waals surface area contributed by atoms with E-state index in [0.29, 0.717) is 5.56 Å². The van der Waals surface area contributed by atoms with E-state index in [4.69, 9.17) is 36.3 Å². The number of nitriles is 1. The van der Waals surface area contributed by atoms with Gasteiger partial charge >= 0.3 is 11.9 Å². The van der Waals surface area contributed by atoms with Crippen LogP contribution in [-0.4, -0.2) is 39.4 Å². The van der Waals surface area contributed by atoms with E-state index in [0.717, 1.165) is 0 Å². The largest absolute Gasteiger partial charge is 0.490 e. The number of carbonyl (C=O) groups is 2. The summed E-state index contributed by atoms with van der Waals surface area (Å²) >= 11 is 6.47. The lowest BCUT2D eigenvalue weighted by Gasteiger charge is -2.27. The lowest BCUT2D eigenvalue weighted by molar-refractivity contribution is -0.143. The monoisotopic (exact) mass is 436 g/mol. The average molecular weight is 437 g/mol. The predicted octanol–water partition coefficient (Wildman–Crippen LogP) is 2.55. The molecule has 0 saturated heterocycles. The Morgan fingerprint density at radius 3 is 2.47 bits per heavy atom. The molecule has 10 heteroatoms. The van der Waals surface area contributed by atoms with Gasteiger partial charge in [-0.2, -0.15) is 5.26 Å². The Kier molecular flexibility index (Phi) is 7.55. The van der Waals surface area contributed by atoms with E-state index in [1.165, 1.54) is 33.3 Å². The van der Waals surface area contributed by atoms with Gasteiger partial charge in [0.2, 0.25) is 5.88 Å². The molecule has 0 aromatic heterocycles. The van der Waals surface area contributed by atoms with Crippen molar-refractivity contribution in [3.05, 3.63) is 45.5 Å². The predicted molar refractivity (Wildman–Crippen MR) is 106 cm³/mol. The minimum Gasteiger partial charge on any atom is -0.490 e.